The molecule has 0 bridgehead atoms. The van der Waals surface area contributed by atoms with Crippen LogP contribution in [0.25, 0.3) is 0 Å². The van der Waals surface area contributed by atoms with Crippen molar-refractivity contribution in [1.82, 2.24) is 10.2 Å². The van der Waals surface area contributed by atoms with E-state index in [2.05, 4.69) is 11.2 Å². The molecular weight excluding hydrogens is 476 g/mol. The molecule has 0 spiro atoms. The van der Waals surface area contributed by atoms with Crippen molar-refractivity contribution in [2.24, 2.45) is 16.6 Å². The molecule has 2 aliphatic heterocycles. The number of hydrogen-bond donors (Lipinski definition) is 2. The van der Waals surface area contributed by atoms with Crippen LogP contribution in [0.5, 0.6) is 5.75 Å². The number of para-hydroxylation sites is 1. The number of ether oxygens (including phenoxy) is 1. The number of rotatable bonds is 8. The average molecular weight is 517 g/mol. The summed E-state index contributed by atoms with van der Waals surface area (Å²) < 4.78 is 6.13. The fourth-order valence-electron chi connectivity index (χ4n) is 5.81. The standard InChI is InChI=1S/C31H40N4O3/c1-6-9-16-25(35-27(36)20-31(7-2,8-3)34-29(35)32)21-13-12-14-22(18-21)28(37)33-24-19-30(4,5)38-26-17-11-10-15-23(24)26/h1,10-13,15,17-18,22,24-25H,7-9,14,16,19-20H2,2-5H3,(H2,32,34)(H,33,37). The van der Waals surface area contributed by atoms with Gasteiger partial charge in [0.05, 0.1) is 30.0 Å². The van der Waals surface area contributed by atoms with Gasteiger partial charge in [0, 0.05) is 18.4 Å². The second-order valence-electron chi connectivity index (χ2n) is 11.2. The molecule has 38 heavy (non-hydrogen) atoms. The molecule has 0 aromatic heterocycles. The van der Waals surface area contributed by atoms with Crippen LogP contribution >= 0.6 is 0 Å². The third kappa shape index (κ3) is 5.65. The van der Waals surface area contributed by atoms with Crippen LogP contribution in [0.3, 0.4) is 0 Å². The Morgan fingerprint density at radius 1 is 1.32 bits per heavy atom. The first-order chi connectivity index (χ1) is 18.1. The van der Waals surface area contributed by atoms with Gasteiger partial charge in [-0.2, -0.15) is 0 Å². The molecule has 3 unspecified atom stereocenters. The minimum Gasteiger partial charge on any atom is -0.487 e. The van der Waals surface area contributed by atoms with Crippen molar-refractivity contribution < 1.29 is 14.3 Å². The lowest BCUT2D eigenvalue weighted by Crippen LogP contribution is -2.55. The minimum absolute atomic E-state index is 0.0508. The Morgan fingerprint density at radius 2 is 2.05 bits per heavy atom. The molecule has 0 radical (unpaired) electrons. The Balaban J connectivity index is 1.59. The molecule has 3 N–H and O–H groups in total. The molecule has 4 rings (SSSR count). The van der Waals surface area contributed by atoms with Crippen LogP contribution in [-0.4, -0.2) is 39.9 Å². The van der Waals surface area contributed by atoms with Crippen LogP contribution in [0.2, 0.25) is 0 Å². The summed E-state index contributed by atoms with van der Waals surface area (Å²) in [5.41, 5.74) is 7.43. The van der Waals surface area contributed by atoms with Crippen LogP contribution in [0.4, 0.5) is 0 Å². The second-order valence-corrected chi connectivity index (χ2v) is 11.2. The molecule has 2 amide bonds. The van der Waals surface area contributed by atoms with E-state index in [0.717, 1.165) is 29.7 Å². The van der Waals surface area contributed by atoms with Crippen LogP contribution in [0.1, 0.15) is 84.2 Å². The van der Waals surface area contributed by atoms with Gasteiger partial charge >= 0.3 is 0 Å². The zero-order chi connectivity index (χ0) is 27.5. The number of hydrogen-bond acceptors (Lipinski definition) is 5. The van der Waals surface area contributed by atoms with Crippen molar-refractivity contribution >= 4 is 17.8 Å². The van der Waals surface area contributed by atoms with Gasteiger partial charge < -0.3 is 15.8 Å². The van der Waals surface area contributed by atoms with Crippen LogP contribution in [0.15, 0.2) is 53.1 Å². The van der Waals surface area contributed by atoms with Crippen LogP contribution < -0.4 is 15.8 Å². The zero-order valence-corrected chi connectivity index (χ0v) is 23.0. The van der Waals surface area contributed by atoms with Gasteiger partial charge in [0.25, 0.3) is 0 Å². The molecule has 1 aromatic rings. The second kappa shape index (κ2) is 11.1. The SMILES string of the molecule is C#CCCC(C1=CC(C(=O)NC2CC(C)(C)Oc3ccccc32)CC=C1)N1C(=O)CC(CC)(CC)N=C1N. The van der Waals surface area contributed by atoms with Crippen molar-refractivity contribution in [3.63, 3.8) is 0 Å². The van der Waals surface area contributed by atoms with E-state index in [4.69, 9.17) is 21.9 Å². The van der Waals surface area contributed by atoms with Crippen molar-refractivity contribution in [1.29, 1.82) is 0 Å². The average Bonchev–Trinajstić information content (AvgIpc) is 2.89. The Bertz CT molecular complexity index is 1200. The molecule has 2 heterocycles. The van der Waals surface area contributed by atoms with Crippen LogP contribution in [0, 0.1) is 18.3 Å². The van der Waals surface area contributed by atoms with E-state index in [1.54, 1.807) is 4.90 Å². The number of amides is 2. The fourth-order valence-corrected chi connectivity index (χ4v) is 5.81. The highest BCUT2D eigenvalue weighted by Crippen LogP contribution is 2.40. The molecule has 0 fully saturated rings. The highest BCUT2D eigenvalue weighted by atomic mass is 16.5. The lowest BCUT2D eigenvalue weighted by Gasteiger charge is -2.41. The third-order valence-electron chi connectivity index (χ3n) is 8.05. The maximum atomic E-state index is 13.5. The largest absolute Gasteiger partial charge is 0.487 e. The zero-order valence-electron chi connectivity index (χ0n) is 23.0. The summed E-state index contributed by atoms with van der Waals surface area (Å²) >= 11 is 0. The topological polar surface area (TPSA) is 97.0 Å². The van der Waals surface area contributed by atoms with Gasteiger partial charge in [0.1, 0.15) is 11.4 Å². The molecule has 0 saturated carbocycles. The third-order valence-corrected chi connectivity index (χ3v) is 8.05. The minimum atomic E-state index is -0.457. The number of nitrogens with two attached hydrogens (primary N) is 1. The molecule has 0 saturated heterocycles. The highest BCUT2D eigenvalue weighted by Gasteiger charge is 2.41. The van der Waals surface area contributed by atoms with Gasteiger partial charge in [0.2, 0.25) is 11.8 Å². The Kier molecular flexibility index (Phi) is 8.01. The fraction of sp³-hybridized carbons (Fsp3) is 0.516. The molecule has 1 aromatic carbocycles. The van der Waals surface area contributed by atoms with Crippen molar-refractivity contribution in [3.8, 4) is 18.1 Å². The van der Waals surface area contributed by atoms with E-state index in [1.807, 2.05) is 70.2 Å². The van der Waals surface area contributed by atoms with Gasteiger partial charge in [-0.05, 0) is 51.2 Å². The quantitative estimate of drug-likeness (QED) is 0.485. The van der Waals surface area contributed by atoms with E-state index < -0.39 is 11.1 Å². The summed E-state index contributed by atoms with van der Waals surface area (Å²) in [5.74, 6) is 3.25. The normalized spacial score (nSPS) is 24.3. The Hall–Kier alpha value is -3.53. The van der Waals surface area contributed by atoms with Crippen molar-refractivity contribution in [2.75, 3.05) is 0 Å². The number of carbonyl (C=O) groups is 2. The molecule has 7 heteroatoms. The summed E-state index contributed by atoms with van der Waals surface area (Å²) in [6.07, 6.45) is 15.6. The van der Waals surface area contributed by atoms with Gasteiger partial charge in [0.15, 0.2) is 5.96 Å². The number of guanidine groups is 1. The molecular formula is C31H40N4O3. The monoisotopic (exact) mass is 516 g/mol. The first kappa shape index (κ1) is 27.5. The van der Waals surface area contributed by atoms with Gasteiger partial charge in [-0.15, -0.1) is 12.3 Å². The van der Waals surface area contributed by atoms with E-state index in [1.165, 1.54) is 0 Å². The number of carbonyl (C=O) groups excluding carboxylic acids is 2. The molecule has 7 nitrogen and oxygen atoms in total. The molecule has 1 aliphatic carbocycles. The first-order valence-electron chi connectivity index (χ1n) is 13.7. The highest BCUT2D eigenvalue weighted by molar-refractivity contribution is 6.00. The molecule has 3 atom stereocenters. The number of benzene rings is 1. The molecule has 3 aliphatic rings. The lowest BCUT2D eigenvalue weighted by molar-refractivity contribution is -0.131. The number of aliphatic imine (C=N–C) groups is 1. The number of nitrogens with zero attached hydrogens (tertiary/aromatic N) is 2. The van der Waals surface area contributed by atoms with Crippen LogP contribution in [-0.2, 0) is 9.59 Å². The Morgan fingerprint density at radius 3 is 2.74 bits per heavy atom. The lowest BCUT2D eigenvalue weighted by atomic mass is 9.85. The van der Waals surface area contributed by atoms with Gasteiger partial charge in [-0.25, -0.2) is 4.99 Å². The van der Waals surface area contributed by atoms with Gasteiger partial charge in [-0.3, -0.25) is 14.5 Å². The van der Waals surface area contributed by atoms with Crippen molar-refractivity contribution in [2.45, 2.75) is 95.9 Å². The van der Waals surface area contributed by atoms with Crippen molar-refractivity contribution in [3.05, 3.63) is 53.6 Å². The van der Waals surface area contributed by atoms with E-state index >= 15 is 0 Å². The van der Waals surface area contributed by atoms with Gasteiger partial charge in [-0.1, -0.05) is 50.3 Å². The molecule has 202 valence electrons. The Labute approximate surface area is 226 Å². The summed E-state index contributed by atoms with van der Waals surface area (Å²) in [5, 5.41) is 3.27. The summed E-state index contributed by atoms with van der Waals surface area (Å²) in [4.78, 5) is 33.3. The smallest absolute Gasteiger partial charge is 0.232 e. The maximum absolute atomic E-state index is 13.5. The van der Waals surface area contributed by atoms with E-state index in [-0.39, 0.29) is 35.8 Å². The summed E-state index contributed by atoms with van der Waals surface area (Å²) in [6.45, 7) is 8.14. The maximum Gasteiger partial charge on any atom is 0.232 e. The summed E-state index contributed by atoms with van der Waals surface area (Å²) in [7, 11) is 0. The van der Waals surface area contributed by atoms with E-state index in [9.17, 15) is 9.59 Å². The first-order valence-corrected chi connectivity index (χ1v) is 13.7. The number of allylic oxidation sites excluding steroid dienone is 1. The predicted molar refractivity (Wildman–Crippen MR) is 150 cm³/mol. The predicted octanol–water partition coefficient (Wildman–Crippen LogP) is 4.80. The summed E-state index contributed by atoms with van der Waals surface area (Å²) in [6, 6.07) is 7.33. The number of fused-ring (bicyclic) bond motifs is 1. The number of terminal acetylenes is 1. The van der Waals surface area contributed by atoms with E-state index in [0.29, 0.717) is 32.1 Å². The number of nitrogens with one attached hydrogen (secondary N) is 1.